The molecule has 0 spiro atoms. The van der Waals surface area contributed by atoms with Gasteiger partial charge in [-0.15, -0.1) is 0 Å². The maximum atomic E-state index is 14.5. The number of carbonyl (C=O) groups excluding carboxylic acids is 3. The number of rotatable bonds is 15. The molecule has 0 radical (unpaired) electrons. The number of carbonyl (C=O) groups is 3. The first-order valence-electron chi connectivity index (χ1n) is 15.4. The van der Waals surface area contributed by atoms with Crippen LogP contribution in [0.25, 0.3) is 0 Å². The minimum atomic E-state index is -1.02. The van der Waals surface area contributed by atoms with Crippen molar-refractivity contribution in [3.05, 3.63) is 53.6 Å². The van der Waals surface area contributed by atoms with Gasteiger partial charge in [-0.2, -0.15) is 0 Å². The summed E-state index contributed by atoms with van der Waals surface area (Å²) in [5.41, 5.74) is 0.951. The molecule has 2 aromatic rings. The molecule has 0 saturated heterocycles. The van der Waals surface area contributed by atoms with Crippen molar-refractivity contribution in [1.82, 2.24) is 10.2 Å². The van der Waals surface area contributed by atoms with Crippen molar-refractivity contribution >= 4 is 23.6 Å². The van der Waals surface area contributed by atoms with Gasteiger partial charge in [-0.25, -0.2) is 4.79 Å². The number of phenolic OH excluding ortho intramolecular Hbond substituents is 1. The molecule has 0 heterocycles. The molecule has 2 rings (SSSR count). The number of phenols is 1. The van der Waals surface area contributed by atoms with Crippen molar-refractivity contribution in [3.8, 4) is 11.5 Å². The van der Waals surface area contributed by atoms with E-state index >= 15 is 0 Å². The highest BCUT2D eigenvalue weighted by atomic mass is 16.6. The summed E-state index contributed by atoms with van der Waals surface area (Å²) < 4.78 is 10.7. The summed E-state index contributed by atoms with van der Waals surface area (Å²) >= 11 is 0. The number of nitrogens with one attached hydrogen (secondary N) is 2. The fourth-order valence-electron chi connectivity index (χ4n) is 4.76. The van der Waals surface area contributed by atoms with Gasteiger partial charge in [0.2, 0.25) is 5.91 Å². The molecule has 9 nitrogen and oxygen atoms in total. The molecule has 3 unspecified atom stereocenters. The van der Waals surface area contributed by atoms with E-state index in [-0.39, 0.29) is 17.6 Å². The molecule has 0 bridgehead atoms. The largest absolute Gasteiger partial charge is 0.508 e. The molecule has 0 aliphatic carbocycles. The van der Waals surface area contributed by atoms with Gasteiger partial charge in [-0.3, -0.25) is 9.59 Å². The second-order valence-corrected chi connectivity index (χ2v) is 12.1. The topological polar surface area (TPSA) is 117 Å². The Morgan fingerprint density at radius 3 is 2.19 bits per heavy atom. The van der Waals surface area contributed by atoms with Crippen LogP contribution in [0.5, 0.6) is 11.5 Å². The summed E-state index contributed by atoms with van der Waals surface area (Å²) in [6.07, 6.45) is 4.71. The van der Waals surface area contributed by atoms with E-state index in [1.165, 1.54) is 6.07 Å². The Bertz CT molecular complexity index is 1190. The molecule has 0 aromatic heterocycles. The smallest absolute Gasteiger partial charge is 0.408 e. The SMILES string of the molecule is CCCCCCCN(C(=O)C(NC(=O)OC(C)(C)C)C(C)CC)C(C(=O)Nc1ccc(OC)cc1)c1ccc(O)c(C)c1. The monoisotopic (exact) mass is 597 g/mol. The highest BCUT2D eigenvalue weighted by Crippen LogP contribution is 2.30. The number of ether oxygens (including phenoxy) is 2. The Morgan fingerprint density at radius 2 is 1.63 bits per heavy atom. The predicted octanol–water partition coefficient (Wildman–Crippen LogP) is 7.13. The molecule has 2 aromatic carbocycles. The van der Waals surface area contributed by atoms with Crippen LogP contribution in [-0.4, -0.2) is 53.2 Å². The van der Waals surface area contributed by atoms with Crippen molar-refractivity contribution in [1.29, 1.82) is 0 Å². The van der Waals surface area contributed by atoms with E-state index < -0.39 is 29.7 Å². The molecule has 0 fully saturated rings. The molecule has 0 aliphatic heterocycles. The van der Waals surface area contributed by atoms with Crippen molar-refractivity contribution in [2.45, 2.75) is 105 Å². The summed E-state index contributed by atoms with van der Waals surface area (Å²) in [5.74, 6) is -0.250. The molecule has 3 atom stereocenters. The van der Waals surface area contributed by atoms with E-state index in [2.05, 4.69) is 17.6 Å². The zero-order valence-corrected chi connectivity index (χ0v) is 27.2. The Labute approximate surface area is 257 Å². The molecular weight excluding hydrogens is 546 g/mol. The van der Waals surface area contributed by atoms with Crippen LogP contribution in [0.1, 0.15) is 97.2 Å². The third-order valence-electron chi connectivity index (χ3n) is 7.39. The highest BCUT2D eigenvalue weighted by molar-refractivity contribution is 5.99. The van der Waals surface area contributed by atoms with E-state index in [1.54, 1.807) is 76.1 Å². The van der Waals surface area contributed by atoms with E-state index in [9.17, 15) is 19.5 Å². The number of aromatic hydroxyl groups is 1. The van der Waals surface area contributed by atoms with Crippen LogP contribution in [0.2, 0.25) is 0 Å². The highest BCUT2D eigenvalue weighted by Gasteiger charge is 2.38. The first-order valence-corrected chi connectivity index (χ1v) is 15.4. The number of alkyl carbamates (subject to hydrolysis) is 1. The lowest BCUT2D eigenvalue weighted by atomic mass is 9.95. The van der Waals surface area contributed by atoms with Gasteiger partial charge < -0.3 is 30.1 Å². The number of hydrogen-bond acceptors (Lipinski definition) is 6. The van der Waals surface area contributed by atoms with Crippen LogP contribution < -0.4 is 15.4 Å². The quantitative estimate of drug-likeness (QED) is 0.188. The number of unbranched alkanes of at least 4 members (excludes halogenated alkanes) is 4. The fourth-order valence-corrected chi connectivity index (χ4v) is 4.76. The Morgan fingerprint density at radius 1 is 0.977 bits per heavy atom. The molecule has 238 valence electrons. The summed E-state index contributed by atoms with van der Waals surface area (Å²) in [5, 5.41) is 16.0. The number of aryl methyl sites for hydroxylation is 1. The summed E-state index contributed by atoms with van der Waals surface area (Å²) in [4.78, 5) is 43.0. The minimum Gasteiger partial charge on any atom is -0.508 e. The van der Waals surface area contributed by atoms with E-state index in [0.29, 0.717) is 42.0 Å². The van der Waals surface area contributed by atoms with Gasteiger partial charge in [-0.05, 0) is 87.6 Å². The Hall–Kier alpha value is -3.75. The number of nitrogens with zero attached hydrogens (tertiary/aromatic N) is 1. The van der Waals surface area contributed by atoms with Crippen LogP contribution in [0.15, 0.2) is 42.5 Å². The molecule has 9 heteroatoms. The standard InChI is InChI=1S/C34H51N3O6/c1-9-11-12-13-14-21-37(32(40)29(23(3)10-2)36-33(41)43-34(5,6)7)30(25-15-20-28(38)24(4)22-25)31(39)35-26-16-18-27(42-8)19-17-26/h15-20,22-23,29-30,38H,9-14,21H2,1-8H3,(H,35,39)(H,36,41). The second-order valence-electron chi connectivity index (χ2n) is 12.1. The van der Waals surface area contributed by atoms with Crippen LogP contribution in [-0.2, 0) is 14.3 Å². The average Bonchev–Trinajstić information content (AvgIpc) is 2.95. The predicted molar refractivity (Wildman–Crippen MR) is 170 cm³/mol. The first kappa shape index (κ1) is 35.4. The van der Waals surface area contributed by atoms with Crippen molar-refractivity contribution < 1.29 is 29.0 Å². The normalized spacial score (nSPS) is 13.4. The third kappa shape index (κ3) is 11.1. The van der Waals surface area contributed by atoms with Crippen LogP contribution in [0.3, 0.4) is 0 Å². The van der Waals surface area contributed by atoms with E-state index in [0.717, 1.165) is 25.7 Å². The number of anilines is 1. The lowest BCUT2D eigenvalue weighted by Crippen LogP contribution is -2.55. The van der Waals surface area contributed by atoms with Crippen LogP contribution in [0, 0.1) is 12.8 Å². The maximum Gasteiger partial charge on any atom is 0.408 e. The Kier molecular flexibility index (Phi) is 13.8. The second kappa shape index (κ2) is 16.8. The van der Waals surface area contributed by atoms with Gasteiger partial charge in [0, 0.05) is 12.2 Å². The van der Waals surface area contributed by atoms with Crippen LogP contribution >= 0.6 is 0 Å². The van der Waals surface area contributed by atoms with Gasteiger partial charge >= 0.3 is 6.09 Å². The maximum absolute atomic E-state index is 14.5. The summed E-state index contributed by atoms with van der Waals surface area (Å²) in [7, 11) is 1.57. The minimum absolute atomic E-state index is 0.0968. The fraction of sp³-hybridized carbons (Fsp3) is 0.559. The molecular formula is C34H51N3O6. The molecule has 0 aliphatic rings. The Balaban J connectivity index is 2.58. The van der Waals surface area contributed by atoms with Crippen molar-refractivity contribution in [2.24, 2.45) is 5.92 Å². The van der Waals surface area contributed by atoms with Gasteiger partial charge in [0.25, 0.3) is 5.91 Å². The van der Waals surface area contributed by atoms with E-state index in [1.807, 2.05) is 13.8 Å². The van der Waals surface area contributed by atoms with E-state index in [4.69, 9.17) is 9.47 Å². The summed E-state index contributed by atoms with van der Waals surface area (Å²) in [6.45, 7) is 13.4. The number of amides is 3. The van der Waals surface area contributed by atoms with Crippen molar-refractivity contribution in [2.75, 3.05) is 19.0 Å². The third-order valence-corrected chi connectivity index (χ3v) is 7.39. The van der Waals surface area contributed by atoms with Crippen molar-refractivity contribution in [3.63, 3.8) is 0 Å². The lowest BCUT2D eigenvalue weighted by molar-refractivity contribution is -0.142. The van der Waals surface area contributed by atoms with Gasteiger partial charge in [-0.1, -0.05) is 58.9 Å². The van der Waals surface area contributed by atoms with Crippen LogP contribution in [0.4, 0.5) is 10.5 Å². The van der Waals surface area contributed by atoms with Gasteiger partial charge in [0.15, 0.2) is 0 Å². The summed E-state index contributed by atoms with van der Waals surface area (Å²) in [6, 6.07) is 9.95. The average molecular weight is 598 g/mol. The first-order chi connectivity index (χ1) is 20.3. The zero-order valence-electron chi connectivity index (χ0n) is 27.2. The molecule has 3 N–H and O–H groups in total. The number of hydrogen-bond donors (Lipinski definition) is 3. The molecule has 0 saturated carbocycles. The van der Waals surface area contributed by atoms with Gasteiger partial charge in [0.05, 0.1) is 7.11 Å². The zero-order chi connectivity index (χ0) is 32.2. The molecule has 43 heavy (non-hydrogen) atoms. The van der Waals surface area contributed by atoms with Gasteiger partial charge in [0.1, 0.15) is 29.2 Å². The lowest BCUT2D eigenvalue weighted by Gasteiger charge is -2.36. The number of methoxy groups -OCH3 is 1. The molecule has 3 amide bonds. The number of benzene rings is 2.